The molecule has 6 rings (SSSR count). The van der Waals surface area contributed by atoms with Crippen LogP contribution in [0.4, 0.5) is 30.5 Å². The molecule has 0 atom stereocenters. The van der Waals surface area contributed by atoms with Crippen molar-refractivity contribution in [2.75, 3.05) is 24.7 Å². The molecule has 0 spiro atoms. The number of hydrogen-bond donors (Lipinski definition) is 2. The summed E-state index contributed by atoms with van der Waals surface area (Å²) in [5.41, 5.74) is 0.604. The number of nitrogens with one attached hydrogen (secondary N) is 2. The summed E-state index contributed by atoms with van der Waals surface area (Å²) in [6, 6.07) is 4.33. The van der Waals surface area contributed by atoms with Crippen LogP contribution in [-0.4, -0.2) is 78.5 Å². The summed E-state index contributed by atoms with van der Waals surface area (Å²) >= 11 is 0. The molecule has 13 nitrogen and oxygen atoms in total. The molecule has 17 heteroatoms. The quantitative estimate of drug-likeness (QED) is 0.243. The fourth-order valence-electron chi connectivity index (χ4n) is 5.65. The van der Waals surface area contributed by atoms with Crippen LogP contribution in [0.25, 0.3) is 22.6 Å². The van der Waals surface area contributed by atoms with Gasteiger partial charge < -0.3 is 15.5 Å². The third kappa shape index (κ3) is 7.24. The SMILES string of the molecule is CN(C)C(=O)CC1CCC(Nc2cc(Nc3ccnc(-c4cnn(S(=O)(=O)C5CC5)c4)n3)ncc2-c2cc(C(F)(F)F)n(C)n2)CC1. The van der Waals surface area contributed by atoms with E-state index in [0.29, 0.717) is 47.7 Å². The number of anilines is 3. The third-order valence-corrected chi connectivity index (χ3v) is 10.5. The predicted molar refractivity (Wildman–Crippen MR) is 168 cm³/mol. The van der Waals surface area contributed by atoms with Gasteiger partial charge in [0.1, 0.15) is 17.3 Å². The maximum Gasteiger partial charge on any atom is 0.433 e. The van der Waals surface area contributed by atoms with Gasteiger partial charge in [0.15, 0.2) is 5.82 Å². The first-order valence-electron chi connectivity index (χ1n) is 15.3. The first kappa shape index (κ1) is 32.4. The monoisotopic (exact) mass is 672 g/mol. The van der Waals surface area contributed by atoms with Crippen LogP contribution in [0, 0.1) is 5.92 Å². The average Bonchev–Trinajstić information content (AvgIpc) is 3.63. The molecule has 0 saturated heterocycles. The Morgan fingerprint density at radius 1 is 1.04 bits per heavy atom. The number of halogens is 3. The third-order valence-electron chi connectivity index (χ3n) is 8.46. The number of aromatic nitrogens is 7. The Balaban J connectivity index is 1.24. The van der Waals surface area contributed by atoms with Gasteiger partial charge in [-0.15, -0.1) is 0 Å². The van der Waals surface area contributed by atoms with E-state index in [0.717, 1.165) is 40.5 Å². The van der Waals surface area contributed by atoms with Crippen LogP contribution >= 0.6 is 0 Å². The zero-order chi connectivity index (χ0) is 33.5. The highest BCUT2D eigenvalue weighted by Gasteiger charge is 2.38. The summed E-state index contributed by atoms with van der Waals surface area (Å²) < 4.78 is 67.7. The van der Waals surface area contributed by atoms with Gasteiger partial charge in [-0.05, 0) is 56.6 Å². The molecule has 2 aliphatic carbocycles. The molecule has 0 aromatic carbocycles. The van der Waals surface area contributed by atoms with Gasteiger partial charge >= 0.3 is 6.18 Å². The highest BCUT2D eigenvalue weighted by atomic mass is 32.2. The van der Waals surface area contributed by atoms with Gasteiger partial charge in [-0.3, -0.25) is 9.48 Å². The minimum atomic E-state index is -4.58. The van der Waals surface area contributed by atoms with Gasteiger partial charge in [0.25, 0.3) is 10.0 Å². The molecule has 2 aliphatic rings. The van der Waals surface area contributed by atoms with Crippen LogP contribution in [0.2, 0.25) is 0 Å². The van der Waals surface area contributed by atoms with E-state index >= 15 is 0 Å². The molecule has 0 aliphatic heterocycles. The molecule has 0 unspecified atom stereocenters. The molecular weight excluding hydrogens is 637 g/mol. The predicted octanol–water partition coefficient (Wildman–Crippen LogP) is 4.69. The lowest BCUT2D eigenvalue weighted by molar-refractivity contribution is -0.143. The van der Waals surface area contributed by atoms with Crippen LogP contribution in [0.5, 0.6) is 0 Å². The molecule has 1 amide bonds. The Morgan fingerprint density at radius 3 is 2.45 bits per heavy atom. The summed E-state index contributed by atoms with van der Waals surface area (Å²) in [7, 11) is 1.19. The normalized spacial score (nSPS) is 18.6. The minimum Gasteiger partial charge on any atom is -0.382 e. The molecule has 0 radical (unpaired) electrons. The van der Waals surface area contributed by atoms with E-state index in [9.17, 15) is 26.4 Å². The van der Waals surface area contributed by atoms with Crippen molar-refractivity contribution in [3.63, 3.8) is 0 Å². The topological polar surface area (TPSA) is 153 Å². The lowest BCUT2D eigenvalue weighted by Crippen LogP contribution is -2.30. The zero-order valence-electron chi connectivity index (χ0n) is 26.1. The molecular formula is C30H35F3N10O3S. The number of aryl methyl sites for hydroxylation is 1. The van der Waals surface area contributed by atoms with Crippen molar-refractivity contribution in [1.29, 1.82) is 0 Å². The van der Waals surface area contributed by atoms with E-state index in [1.54, 1.807) is 31.1 Å². The molecule has 2 N–H and O–H groups in total. The summed E-state index contributed by atoms with van der Waals surface area (Å²) in [5, 5.41) is 14.3. The molecule has 2 fully saturated rings. The molecule has 4 heterocycles. The second kappa shape index (κ2) is 12.6. The van der Waals surface area contributed by atoms with E-state index in [-0.39, 0.29) is 29.4 Å². The van der Waals surface area contributed by atoms with E-state index in [1.165, 1.54) is 31.8 Å². The van der Waals surface area contributed by atoms with Crippen LogP contribution < -0.4 is 10.6 Å². The number of hydrogen-bond acceptors (Lipinski definition) is 10. The molecule has 4 aromatic rings. The number of pyridine rings is 1. The Kier molecular flexibility index (Phi) is 8.67. The first-order valence-corrected chi connectivity index (χ1v) is 16.8. The Hall–Kier alpha value is -4.54. The number of amides is 1. The molecule has 250 valence electrons. The minimum absolute atomic E-state index is 0.0228. The maximum atomic E-state index is 13.6. The summed E-state index contributed by atoms with van der Waals surface area (Å²) in [6.45, 7) is 0. The van der Waals surface area contributed by atoms with Gasteiger partial charge in [-0.25, -0.2) is 23.4 Å². The number of carbonyl (C=O) groups excluding carboxylic acids is 1. The van der Waals surface area contributed by atoms with Crippen LogP contribution in [0.15, 0.2) is 43.0 Å². The second-order valence-corrected chi connectivity index (χ2v) is 14.3. The highest BCUT2D eigenvalue weighted by molar-refractivity contribution is 7.90. The van der Waals surface area contributed by atoms with Crippen LogP contribution in [0.1, 0.15) is 50.6 Å². The Bertz CT molecular complexity index is 1880. The summed E-state index contributed by atoms with van der Waals surface area (Å²) in [5.74, 6) is 1.34. The van der Waals surface area contributed by atoms with E-state index in [2.05, 4.69) is 35.8 Å². The molecule has 2 saturated carbocycles. The maximum absolute atomic E-state index is 13.6. The van der Waals surface area contributed by atoms with Crippen molar-refractivity contribution >= 4 is 33.3 Å². The van der Waals surface area contributed by atoms with E-state index < -0.39 is 27.1 Å². The molecule has 47 heavy (non-hydrogen) atoms. The largest absolute Gasteiger partial charge is 0.433 e. The van der Waals surface area contributed by atoms with Gasteiger partial charge in [-0.2, -0.15) is 27.5 Å². The van der Waals surface area contributed by atoms with E-state index in [1.807, 2.05) is 0 Å². The number of rotatable bonds is 10. The number of carbonyl (C=O) groups is 1. The lowest BCUT2D eigenvalue weighted by atomic mass is 9.83. The van der Waals surface area contributed by atoms with Crippen LogP contribution in [0.3, 0.4) is 0 Å². The van der Waals surface area contributed by atoms with E-state index in [4.69, 9.17) is 0 Å². The second-order valence-electron chi connectivity index (χ2n) is 12.2. The van der Waals surface area contributed by atoms with Crippen molar-refractivity contribution in [3.05, 3.63) is 48.7 Å². The van der Waals surface area contributed by atoms with Crippen molar-refractivity contribution < 1.29 is 26.4 Å². The molecule has 0 bridgehead atoms. The Labute approximate surface area is 269 Å². The van der Waals surface area contributed by atoms with Gasteiger partial charge in [0, 0.05) is 63.3 Å². The van der Waals surface area contributed by atoms with Gasteiger partial charge in [-0.1, -0.05) is 0 Å². The van der Waals surface area contributed by atoms with Crippen molar-refractivity contribution in [1.82, 2.24) is 38.8 Å². The van der Waals surface area contributed by atoms with Crippen LogP contribution in [-0.2, 0) is 28.0 Å². The van der Waals surface area contributed by atoms with Gasteiger partial charge in [0.05, 0.1) is 28.9 Å². The van der Waals surface area contributed by atoms with Crippen molar-refractivity contribution in [3.8, 4) is 22.6 Å². The van der Waals surface area contributed by atoms with Crippen molar-refractivity contribution in [2.24, 2.45) is 13.0 Å². The molecule has 4 aromatic heterocycles. The fraction of sp³-hybridized carbons (Fsp3) is 0.467. The summed E-state index contributed by atoms with van der Waals surface area (Å²) in [6.07, 6.45) is 6.12. The number of nitrogens with zero attached hydrogens (tertiary/aromatic N) is 8. The smallest absolute Gasteiger partial charge is 0.382 e. The lowest BCUT2D eigenvalue weighted by Gasteiger charge is -2.30. The Morgan fingerprint density at radius 2 is 1.79 bits per heavy atom. The van der Waals surface area contributed by atoms with Gasteiger partial charge in [0.2, 0.25) is 5.91 Å². The number of alkyl halides is 3. The van der Waals surface area contributed by atoms with Crippen molar-refractivity contribution in [2.45, 2.75) is 62.4 Å². The highest BCUT2D eigenvalue weighted by Crippen LogP contribution is 2.37. The standard InChI is InChI=1S/C30H35F3N10O3S/c1-41(2)28(44)12-18-4-6-20(7-5-18)37-23-14-27(35-16-22(23)24-13-25(30(31,32)33)42(3)40-24)38-26-10-11-34-29(39-26)19-15-36-43(17-19)47(45,46)21-8-9-21/h10-11,13-18,20-21H,4-9,12H2,1-3H3,(H2,34,35,37,38,39). The fourth-order valence-corrected chi connectivity index (χ4v) is 7.12. The zero-order valence-corrected chi connectivity index (χ0v) is 26.9. The summed E-state index contributed by atoms with van der Waals surface area (Å²) in [4.78, 5) is 27.0. The average molecular weight is 673 g/mol. The first-order chi connectivity index (χ1) is 22.3.